The van der Waals surface area contributed by atoms with Crippen LogP contribution in [0.15, 0.2) is 6.20 Å². The normalized spacial score (nSPS) is 18.3. The van der Waals surface area contributed by atoms with Gasteiger partial charge in [0.05, 0.1) is 11.7 Å². The summed E-state index contributed by atoms with van der Waals surface area (Å²) in [6.45, 7) is 6.99. The minimum atomic E-state index is 0.0507. The minimum Gasteiger partial charge on any atom is -0.349 e. The molecule has 4 nitrogen and oxygen atoms in total. The fourth-order valence-electron chi connectivity index (χ4n) is 2.89. The first kappa shape index (κ1) is 14.1. The lowest BCUT2D eigenvalue weighted by molar-refractivity contribution is -0.126. The standard InChI is InChI=1S/C15H25N3O/c1-4-18-10-14(12(3)17-18)11(2)16-15(19)13-8-6-5-7-9-13/h10-11,13H,4-9H2,1-3H3,(H,16,19). The van der Waals surface area contributed by atoms with Gasteiger partial charge in [0.15, 0.2) is 0 Å². The van der Waals surface area contributed by atoms with E-state index in [1.807, 2.05) is 24.7 Å². The minimum absolute atomic E-state index is 0.0507. The number of nitrogens with zero attached hydrogens (tertiary/aromatic N) is 2. The molecule has 4 heteroatoms. The Balaban J connectivity index is 1.97. The summed E-state index contributed by atoms with van der Waals surface area (Å²) < 4.78 is 1.92. The Labute approximate surface area is 115 Å². The van der Waals surface area contributed by atoms with Gasteiger partial charge >= 0.3 is 0 Å². The van der Waals surface area contributed by atoms with Gasteiger partial charge in [0.2, 0.25) is 5.91 Å². The molecule has 1 saturated carbocycles. The quantitative estimate of drug-likeness (QED) is 0.907. The van der Waals surface area contributed by atoms with Crippen LogP contribution in [0.2, 0.25) is 0 Å². The summed E-state index contributed by atoms with van der Waals surface area (Å²) in [7, 11) is 0. The van der Waals surface area contributed by atoms with Gasteiger partial charge in [-0.05, 0) is 33.6 Å². The second-order valence-corrected chi connectivity index (χ2v) is 5.59. The van der Waals surface area contributed by atoms with Crippen molar-refractivity contribution in [3.63, 3.8) is 0 Å². The second-order valence-electron chi connectivity index (χ2n) is 5.59. The summed E-state index contributed by atoms with van der Waals surface area (Å²) >= 11 is 0. The predicted molar refractivity (Wildman–Crippen MR) is 75.8 cm³/mol. The fraction of sp³-hybridized carbons (Fsp3) is 0.733. The highest BCUT2D eigenvalue weighted by atomic mass is 16.1. The van der Waals surface area contributed by atoms with Gasteiger partial charge < -0.3 is 5.32 Å². The van der Waals surface area contributed by atoms with E-state index in [2.05, 4.69) is 17.3 Å². The van der Waals surface area contributed by atoms with Crippen LogP contribution in [0.4, 0.5) is 0 Å². The number of carbonyl (C=O) groups is 1. The molecule has 1 aromatic heterocycles. The molecule has 1 unspecified atom stereocenters. The number of hydrogen-bond acceptors (Lipinski definition) is 2. The maximum Gasteiger partial charge on any atom is 0.223 e. The number of carbonyl (C=O) groups excluding carboxylic acids is 1. The molecule has 0 radical (unpaired) electrons. The van der Waals surface area contributed by atoms with E-state index in [9.17, 15) is 4.79 Å². The first-order valence-corrected chi connectivity index (χ1v) is 7.46. The van der Waals surface area contributed by atoms with E-state index >= 15 is 0 Å². The largest absolute Gasteiger partial charge is 0.349 e. The van der Waals surface area contributed by atoms with Gasteiger partial charge in [-0.1, -0.05) is 19.3 Å². The zero-order chi connectivity index (χ0) is 13.8. The molecule has 19 heavy (non-hydrogen) atoms. The first-order chi connectivity index (χ1) is 9.11. The van der Waals surface area contributed by atoms with Crippen LogP contribution in [0.5, 0.6) is 0 Å². The van der Waals surface area contributed by atoms with E-state index in [4.69, 9.17) is 0 Å². The zero-order valence-corrected chi connectivity index (χ0v) is 12.3. The molecule has 0 spiro atoms. The van der Waals surface area contributed by atoms with Crippen molar-refractivity contribution in [1.29, 1.82) is 0 Å². The van der Waals surface area contributed by atoms with E-state index in [0.717, 1.165) is 30.6 Å². The van der Waals surface area contributed by atoms with Crippen LogP contribution < -0.4 is 5.32 Å². The molecule has 1 aliphatic rings. The lowest BCUT2D eigenvalue weighted by Crippen LogP contribution is -2.33. The summed E-state index contributed by atoms with van der Waals surface area (Å²) in [5.41, 5.74) is 2.14. The highest BCUT2D eigenvalue weighted by Crippen LogP contribution is 2.25. The zero-order valence-electron chi connectivity index (χ0n) is 12.3. The Morgan fingerprint density at radius 1 is 1.47 bits per heavy atom. The maximum absolute atomic E-state index is 12.2. The van der Waals surface area contributed by atoms with Gasteiger partial charge in [-0.3, -0.25) is 9.48 Å². The summed E-state index contributed by atoms with van der Waals surface area (Å²) in [5.74, 6) is 0.438. The number of aromatic nitrogens is 2. The molecule has 2 rings (SSSR count). The topological polar surface area (TPSA) is 46.9 Å². The lowest BCUT2D eigenvalue weighted by Gasteiger charge is -2.23. The van der Waals surface area contributed by atoms with Gasteiger partial charge in [0.1, 0.15) is 0 Å². The second kappa shape index (κ2) is 6.22. The van der Waals surface area contributed by atoms with Gasteiger partial charge in [-0.15, -0.1) is 0 Å². The molecule has 0 bridgehead atoms. The molecule has 1 heterocycles. The van der Waals surface area contributed by atoms with Crippen LogP contribution in [0.25, 0.3) is 0 Å². The Morgan fingerprint density at radius 3 is 2.74 bits per heavy atom. The van der Waals surface area contributed by atoms with Gasteiger partial charge in [-0.25, -0.2) is 0 Å². The van der Waals surface area contributed by atoms with Crippen molar-refractivity contribution in [2.24, 2.45) is 5.92 Å². The van der Waals surface area contributed by atoms with E-state index in [1.54, 1.807) is 0 Å². The average Bonchev–Trinajstić information content (AvgIpc) is 2.81. The Hall–Kier alpha value is -1.32. The molecule has 0 aliphatic heterocycles. The van der Waals surface area contributed by atoms with Crippen molar-refractivity contribution in [1.82, 2.24) is 15.1 Å². The Morgan fingerprint density at radius 2 is 2.16 bits per heavy atom. The number of aryl methyl sites for hydroxylation is 2. The molecule has 1 amide bonds. The smallest absolute Gasteiger partial charge is 0.223 e. The average molecular weight is 263 g/mol. The van der Waals surface area contributed by atoms with Crippen molar-refractivity contribution >= 4 is 5.91 Å². The van der Waals surface area contributed by atoms with E-state index < -0.39 is 0 Å². The molecule has 1 aromatic rings. The summed E-state index contributed by atoms with van der Waals surface area (Å²) in [4.78, 5) is 12.2. The molecule has 1 N–H and O–H groups in total. The van der Waals surface area contributed by atoms with Gasteiger partial charge in [0.25, 0.3) is 0 Å². The molecule has 106 valence electrons. The highest BCUT2D eigenvalue weighted by molar-refractivity contribution is 5.79. The van der Waals surface area contributed by atoms with Crippen molar-refractivity contribution in [3.8, 4) is 0 Å². The third kappa shape index (κ3) is 3.37. The first-order valence-electron chi connectivity index (χ1n) is 7.46. The molecule has 0 saturated heterocycles. The van der Waals surface area contributed by atoms with E-state index in [-0.39, 0.29) is 17.9 Å². The molecule has 1 atom stereocenters. The molecule has 1 aliphatic carbocycles. The monoisotopic (exact) mass is 263 g/mol. The van der Waals surface area contributed by atoms with Crippen LogP contribution in [0.3, 0.4) is 0 Å². The fourth-order valence-corrected chi connectivity index (χ4v) is 2.89. The number of rotatable bonds is 4. The Bertz CT molecular complexity index is 433. The third-order valence-corrected chi connectivity index (χ3v) is 4.11. The third-order valence-electron chi connectivity index (χ3n) is 4.11. The highest BCUT2D eigenvalue weighted by Gasteiger charge is 2.23. The van der Waals surface area contributed by atoms with Crippen molar-refractivity contribution < 1.29 is 4.79 Å². The predicted octanol–water partition coefficient (Wildman–Crippen LogP) is 2.97. The van der Waals surface area contributed by atoms with Crippen molar-refractivity contribution in [2.75, 3.05) is 0 Å². The summed E-state index contributed by atoms with van der Waals surface area (Å²) in [6.07, 6.45) is 7.80. The SMILES string of the molecule is CCn1cc(C(C)NC(=O)C2CCCCC2)c(C)n1. The Kier molecular flexibility index (Phi) is 4.61. The molecular formula is C15H25N3O. The maximum atomic E-state index is 12.2. The summed E-state index contributed by atoms with van der Waals surface area (Å²) in [6, 6.07) is 0.0507. The van der Waals surface area contributed by atoms with Crippen LogP contribution in [0, 0.1) is 12.8 Å². The number of hydrogen-bond donors (Lipinski definition) is 1. The van der Waals surface area contributed by atoms with Crippen LogP contribution in [-0.2, 0) is 11.3 Å². The van der Waals surface area contributed by atoms with Crippen LogP contribution in [0.1, 0.15) is 63.3 Å². The molecule has 1 fully saturated rings. The number of nitrogens with one attached hydrogen (secondary N) is 1. The molecular weight excluding hydrogens is 238 g/mol. The van der Waals surface area contributed by atoms with Gasteiger partial charge in [0, 0.05) is 24.2 Å². The van der Waals surface area contributed by atoms with E-state index in [0.29, 0.717) is 0 Å². The lowest BCUT2D eigenvalue weighted by atomic mass is 9.88. The van der Waals surface area contributed by atoms with Crippen molar-refractivity contribution in [2.45, 2.75) is 65.5 Å². The van der Waals surface area contributed by atoms with Crippen LogP contribution >= 0.6 is 0 Å². The van der Waals surface area contributed by atoms with Gasteiger partial charge in [-0.2, -0.15) is 5.10 Å². The number of amides is 1. The van der Waals surface area contributed by atoms with Crippen LogP contribution in [-0.4, -0.2) is 15.7 Å². The molecule has 0 aromatic carbocycles. The summed E-state index contributed by atoms with van der Waals surface area (Å²) in [5, 5.41) is 7.59. The van der Waals surface area contributed by atoms with Crippen molar-refractivity contribution in [3.05, 3.63) is 17.5 Å². The van der Waals surface area contributed by atoms with E-state index in [1.165, 1.54) is 19.3 Å².